The Labute approximate surface area is 210 Å². The van der Waals surface area contributed by atoms with E-state index in [0.29, 0.717) is 36.8 Å². The minimum absolute atomic E-state index is 0.335. The summed E-state index contributed by atoms with van der Waals surface area (Å²) in [7, 11) is 1.88. The summed E-state index contributed by atoms with van der Waals surface area (Å²) in [4.78, 5) is 17.5. The molecule has 1 amide bonds. The average molecular weight is 523 g/mol. The quantitative estimate of drug-likeness (QED) is 0.326. The summed E-state index contributed by atoms with van der Waals surface area (Å²) in [5, 5.41) is 17.1. The molecule has 0 saturated heterocycles. The zero-order valence-electron chi connectivity index (χ0n) is 17.6. The molecule has 0 saturated carbocycles. The molecule has 0 radical (unpaired) electrons. The van der Waals surface area contributed by atoms with Crippen LogP contribution in [0.25, 0.3) is 11.0 Å². The van der Waals surface area contributed by atoms with Crippen molar-refractivity contribution >= 4 is 63.3 Å². The lowest BCUT2D eigenvalue weighted by Crippen LogP contribution is -2.49. The van der Waals surface area contributed by atoms with E-state index in [0.717, 1.165) is 11.0 Å². The maximum absolute atomic E-state index is 13.1. The molecule has 0 unspecified atom stereocenters. The maximum Gasteiger partial charge on any atom is 0.253 e. The maximum atomic E-state index is 13.1. The number of nitrogens with zero attached hydrogens (tertiary/aromatic N) is 2. The average Bonchev–Trinajstić information content (AvgIpc) is 3.11. The molecule has 2 aromatic carbocycles. The Kier molecular flexibility index (Phi) is 6.63. The number of aromatic nitrogens is 2. The van der Waals surface area contributed by atoms with E-state index in [1.807, 2.05) is 23.9 Å². The van der Waals surface area contributed by atoms with Crippen LogP contribution >= 0.6 is 46.4 Å². The fourth-order valence-electron chi connectivity index (χ4n) is 3.88. The molecule has 4 aromatic rings. The van der Waals surface area contributed by atoms with E-state index in [9.17, 15) is 9.90 Å². The van der Waals surface area contributed by atoms with Crippen molar-refractivity contribution in [2.24, 2.45) is 7.05 Å². The predicted octanol–water partition coefficient (Wildman–Crippen LogP) is 6.24. The number of pyridine rings is 1. The molecule has 9 heteroatoms. The summed E-state index contributed by atoms with van der Waals surface area (Å²) in [6.07, 6.45) is 3.36. The second kappa shape index (κ2) is 9.16. The van der Waals surface area contributed by atoms with Crippen LogP contribution < -0.4 is 5.32 Å². The van der Waals surface area contributed by atoms with Gasteiger partial charge in [0.25, 0.3) is 5.91 Å². The summed E-state index contributed by atoms with van der Waals surface area (Å²) in [5.41, 5.74) is 0.128. The number of halogens is 4. The van der Waals surface area contributed by atoms with Gasteiger partial charge in [-0.25, -0.2) is 4.98 Å². The molecule has 170 valence electrons. The number of carbonyl (C=O) groups is 1. The third kappa shape index (κ3) is 4.70. The van der Waals surface area contributed by atoms with Crippen molar-refractivity contribution in [3.8, 4) is 0 Å². The van der Waals surface area contributed by atoms with Crippen molar-refractivity contribution in [3.05, 3.63) is 97.7 Å². The Morgan fingerprint density at radius 2 is 1.48 bits per heavy atom. The molecule has 4 rings (SSSR count). The monoisotopic (exact) mass is 521 g/mol. The number of aryl methyl sites for hydroxylation is 1. The molecule has 0 fully saturated rings. The van der Waals surface area contributed by atoms with Gasteiger partial charge in [0.05, 0.1) is 11.6 Å². The lowest BCUT2D eigenvalue weighted by molar-refractivity contribution is 0.0404. The minimum Gasteiger partial charge on any atom is -0.378 e. The zero-order chi connectivity index (χ0) is 23.9. The number of carbonyl (C=O) groups excluding carboxylic acids is 1. The van der Waals surface area contributed by atoms with Crippen LogP contribution in [0.4, 0.5) is 0 Å². The van der Waals surface area contributed by atoms with Crippen LogP contribution in [0.3, 0.4) is 0 Å². The molecule has 2 N–H and O–H groups in total. The highest BCUT2D eigenvalue weighted by Crippen LogP contribution is 2.38. The first-order chi connectivity index (χ1) is 15.6. The third-order valence-electron chi connectivity index (χ3n) is 5.55. The molecular weight excluding hydrogens is 504 g/mol. The molecule has 0 aliphatic rings. The molecule has 1 atom stereocenters. The number of aliphatic hydroxyl groups is 1. The number of fused-ring (bicyclic) bond motifs is 1. The second-order valence-electron chi connectivity index (χ2n) is 7.84. The molecule has 0 aliphatic heterocycles. The van der Waals surface area contributed by atoms with Gasteiger partial charge >= 0.3 is 0 Å². The lowest BCUT2D eigenvalue weighted by Gasteiger charge is -2.36. The molecule has 0 aliphatic carbocycles. The largest absolute Gasteiger partial charge is 0.378 e. The van der Waals surface area contributed by atoms with Crippen LogP contribution in [-0.4, -0.2) is 26.6 Å². The number of hydrogen-bond donors (Lipinski definition) is 2. The first-order valence-corrected chi connectivity index (χ1v) is 11.5. The highest BCUT2D eigenvalue weighted by Gasteiger charge is 2.40. The summed E-state index contributed by atoms with van der Waals surface area (Å²) >= 11 is 24.9. The van der Waals surface area contributed by atoms with E-state index in [-0.39, 0.29) is 0 Å². The van der Waals surface area contributed by atoms with Gasteiger partial charge < -0.3 is 15.0 Å². The Balaban J connectivity index is 1.76. The van der Waals surface area contributed by atoms with E-state index in [1.165, 1.54) is 6.20 Å². The van der Waals surface area contributed by atoms with Gasteiger partial charge in [-0.15, -0.1) is 0 Å². The highest BCUT2D eigenvalue weighted by molar-refractivity contribution is 6.35. The predicted molar refractivity (Wildman–Crippen MR) is 134 cm³/mol. The van der Waals surface area contributed by atoms with Crippen molar-refractivity contribution < 1.29 is 9.90 Å². The first kappa shape index (κ1) is 23.9. The van der Waals surface area contributed by atoms with Gasteiger partial charge in [-0.1, -0.05) is 46.4 Å². The van der Waals surface area contributed by atoms with Crippen LogP contribution in [0.2, 0.25) is 20.1 Å². The van der Waals surface area contributed by atoms with Crippen molar-refractivity contribution in [1.29, 1.82) is 0 Å². The highest BCUT2D eigenvalue weighted by atomic mass is 35.5. The minimum atomic E-state index is -1.75. The summed E-state index contributed by atoms with van der Waals surface area (Å²) < 4.78 is 1.87. The van der Waals surface area contributed by atoms with Crippen molar-refractivity contribution in [2.45, 2.75) is 18.6 Å². The van der Waals surface area contributed by atoms with E-state index in [4.69, 9.17) is 46.4 Å². The summed E-state index contributed by atoms with van der Waals surface area (Å²) in [6, 6.07) is 12.2. The number of benzene rings is 2. The zero-order valence-corrected chi connectivity index (χ0v) is 20.6. The van der Waals surface area contributed by atoms with Crippen LogP contribution in [0.5, 0.6) is 0 Å². The van der Waals surface area contributed by atoms with Crippen molar-refractivity contribution in [1.82, 2.24) is 14.9 Å². The van der Waals surface area contributed by atoms with Crippen LogP contribution in [0.15, 0.2) is 60.9 Å². The van der Waals surface area contributed by atoms with Crippen LogP contribution in [0.1, 0.15) is 28.4 Å². The number of nitrogens with one attached hydrogen (secondary N) is 1. The first-order valence-electron chi connectivity index (χ1n) is 9.95. The fourth-order valence-corrected chi connectivity index (χ4v) is 4.93. The van der Waals surface area contributed by atoms with E-state index in [1.54, 1.807) is 49.4 Å². The van der Waals surface area contributed by atoms with Gasteiger partial charge in [0, 0.05) is 44.9 Å². The molecule has 2 aromatic heterocycles. The summed E-state index contributed by atoms with van der Waals surface area (Å²) in [6.45, 7) is 1.68. The number of amides is 1. The summed E-state index contributed by atoms with van der Waals surface area (Å²) in [5.74, 6) is -0.402. The molecule has 0 spiro atoms. The Bertz CT molecular complexity index is 1280. The van der Waals surface area contributed by atoms with Crippen LogP contribution in [-0.2, 0) is 12.6 Å². The smallest absolute Gasteiger partial charge is 0.253 e. The number of rotatable bonds is 5. The molecule has 2 heterocycles. The van der Waals surface area contributed by atoms with Gasteiger partial charge in [0.2, 0.25) is 0 Å². The van der Waals surface area contributed by atoms with Crippen molar-refractivity contribution in [2.75, 3.05) is 0 Å². The normalized spacial score (nSPS) is 12.7. The Morgan fingerprint density at radius 1 is 0.970 bits per heavy atom. The fraction of sp³-hybridized carbons (Fsp3) is 0.167. The molecule has 0 bridgehead atoms. The Morgan fingerprint density at radius 3 is 2.00 bits per heavy atom. The van der Waals surface area contributed by atoms with Gasteiger partial charge in [0.15, 0.2) is 0 Å². The van der Waals surface area contributed by atoms with Gasteiger partial charge in [0.1, 0.15) is 11.2 Å². The Hall–Kier alpha value is -2.28. The topological polar surface area (TPSA) is 67.2 Å². The van der Waals surface area contributed by atoms with Crippen molar-refractivity contribution in [3.63, 3.8) is 0 Å². The van der Waals surface area contributed by atoms with E-state index < -0.39 is 17.6 Å². The lowest BCUT2D eigenvalue weighted by atomic mass is 9.80. The van der Waals surface area contributed by atoms with E-state index >= 15 is 0 Å². The third-order valence-corrected chi connectivity index (χ3v) is 6.42. The standard InChI is InChI=1S/C24H19Cl4N3O2/c1-13(30-23(32)15-5-14-3-4-31(2)22(14)29-12-15)24(33,16-6-18(25)10-19(26)7-16)17-8-20(27)11-21(28)9-17/h3-13,33H,1-2H3,(H,30,32)/t13-/m0/s1. The van der Waals surface area contributed by atoms with Crippen LogP contribution in [0, 0.1) is 0 Å². The van der Waals surface area contributed by atoms with Gasteiger partial charge in [-0.3, -0.25) is 4.79 Å². The molecule has 5 nitrogen and oxygen atoms in total. The van der Waals surface area contributed by atoms with Gasteiger partial charge in [-0.2, -0.15) is 0 Å². The van der Waals surface area contributed by atoms with Gasteiger partial charge in [-0.05, 0) is 66.6 Å². The number of hydrogen-bond acceptors (Lipinski definition) is 3. The van der Waals surface area contributed by atoms with E-state index in [2.05, 4.69) is 10.3 Å². The SMILES string of the molecule is C[C@H](NC(=O)c1cnc2c(ccn2C)c1)C(O)(c1cc(Cl)cc(Cl)c1)c1cc(Cl)cc(Cl)c1. The second-order valence-corrected chi connectivity index (χ2v) is 9.59. The molecule has 33 heavy (non-hydrogen) atoms. The molecular formula is C24H19Cl4N3O2.